The molecule has 1 fully saturated rings. The molecular formula is C26H30ClNO4S. The van der Waals surface area contributed by atoms with Crippen LogP contribution >= 0.6 is 23.4 Å². The highest BCUT2D eigenvalue weighted by Crippen LogP contribution is 2.39. The number of hydrogen-bond acceptors (Lipinski definition) is 6. The van der Waals surface area contributed by atoms with Gasteiger partial charge in [0, 0.05) is 6.54 Å². The van der Waals surface area contributed by atoms with Crippen LogP contribution in [0.15, 0.2) is 52.4 Å². The fraction of sp³-hybridized carbons (Fsp3) is 0.385. The molecule has 33 heavy (non-hydrogen) atoms. The number of rotatable bonds is 10. The molecule has 0 saturated carbocycles. The number of hydrogen-bond donors (Lipinski definition) is 2. The second-order valence-electron chi connectivity index (χ2n) is 8.05. The van der Waals surface area contributed by atoms with Crippen molar-refractivity contribution in [2.45, 2.75) is 39.2 Å². The van der Waals surface area contributed by atoms with Gasteiger partial charge < -0.3 is 14.9 Å². The van der Waals surface area contributed by atoms with E-state index in [0.29, 0.717) is 22.2 Å². The lowest BCUT2D eigenvalue weighted by atomic mass is 9.94. The summed E-state index contributed by atoms with van der Waals surface area (Å²) < 4.78 is 5.44. The monoisotopic (exact) mass is 487 g/mol. The predicted molar refractivity (Wildman–Crippen MR) is 136 cm³/mol. The smallest absolute Gasteiger partial charge is 0.179 e. The second kappa shape index (κ2) is 12.4. The predicted octanol–water partition coefficient (Wildman–Crippen LogP) is 5.09. The van der Waals surface area contributed by atoms with E-state index in [-0.39, 0.29) is 24.9 Å². The number of ether oxygens (including phenoxy) is 1. The third kappa shape index (κ3) is 6.93. The van der Waals surface area contributed by atoms with Gasteiger partial charge in [0.1, 0.15) is 18.5 Å². The zero-order valence-corrected chi connectivity index (χ0v) is 20.5. The second-order valence-corrected chi connectivity index (χ2v) is 9.52. The number of halogens is 1. The topological polar surface area (TPSA) is 79.1 Å². The first kappa shape index (κ1) is 25.5. The maximum atomic E-state index is 13.3. The zero-order chi connectivity index (χ0) is 23.8. The van der Waals surface area contributed by atoms with E-state index < -0.39 is 6.10 Å². The molecule has 1 heterocycles. The molecule has 1 aliphatic rings. The molecule has 7 heteroatoms. The van der Waals surface area contributed by atoms with Gasteiger partial charge in [-0.05, 0) is 61.1 Å². The zero-order valence-electron chi connectivity index (χ0n) is 19.0. The Bertz CT molecular complexity index is 1040. The van der Waals surface area contributed by atoms with Crippen molar-refractivity contribution < 1.29 is 19.7 Å². The standard InChI is InChI=1S/C26H30ClNO4S/c1-3-12-28-26-21(10-9-19-7-5-4-6-17(19)2)25(31)24(33-26)14-18-8-11-23(22(27)13-18)32-16-20(30)15-29/h4-8,11,13-14,20-21,29-30H,3,9-10,12,15-16H2,1-2H3/b24-14-,28-26?/t20-,21?/m1/s1. The molecule has 0 amide bonds. The van der Waals surface area contributed by atoms with Gasteiger partial charge >= 0.3 is 0 Å². The van der Waals surface area contributed by atoms with E-state index in [1.54, 1.807) is 12.1 Å². The van der Waals surface area contributed by atoms with Crippen LogP contribution in [-0.2, 0) is 11.2 Å². The molecule has 2 atom stereocenters. The van der Waals surface area contributed by atoms with Crippen molar-refractivity contribution in [3.05, 3.63) is 69.1 Å². The van der Waals surface area contributed by atoms with Crippen LogP contribution < -0.4 is 4.74 Å². The number of aryl methyl sites for hydroxylation is 2. The van der Waals surface area contributed by atoms with Crippen LogP contribution in [0.3, 0.4) is 0 Å². The summed E-state index contributed by atoms with van der Waals surface area (Å²) in [6.45, 7) is 4.45. The van der Waals surface area contributed by atoms with Gasteiger partial charge in [0.15, 0.2) is 5.78 Å². The Morgan fingerprint density at radius 2 is 2.06 bits per heavy atom. The van der Waals surface area contributed by atoms with Crippen molar-refractivity contribution in [1.82, 2.24) is 0 Å². The maximum Gasteiger partial charge on any atom is 0.179 e. The van der Waals surface area contributed by atoms with Gasteiger partial charge in [-0.1, -0.05) is 60.6 Å². The molecule has 1 unspecified atom stereocenters. The summed E-state index contributed by atoms with van der Waals surface area (Å²) in [6, 6.07) is 13.5. The van der Waals surface area contributed by atoms with Crippen LogP contribution in [-0.4, -0.2) is 46.9 Å². The highest BCUT2D eigenvalue weighted by molar-refractivity contribution is 8.19. The summed E-state index contributed by atoms with van der Waals surface area (Å²) >= 11 is 7.78. The summed E-state index contributed by atoms with van der Waals surface area (Å²) in [5.41, 5.74) is 3.29. The average Bonchev–Trinajstić information content (AvgIpc) is 3.10. The molecule has 1 aliphatic heterocycles. The Kier molecular flexibility index (Phi) is 9.56. The molecule has 0 aliphatic carbocycles. The van der Waals surface area contributed by atoms with Crippen molar-refractivity contribution >= 4 is 40.3 Å². The van der Waals surface area contributed by atoms with E-state index in [0.717, 1.165) is 29.9 Å². The van der Waals surface area contributed by atoms with Gasteiger partial charge in [-0.25, -0.2) is 0 Å². The van der Waals surface area contributed by atoms with Crippen molar-refractivity contribution in [1.29, 1.82) is 0 Å². The highest BCUT2D eigenvalue weighted by atomic mass is 35.5. The molecule has 1 saturated heterocycles. The Morgan fingerprint density at radius 1 is 1.27 bits per heavy atom. The van der Waals surface area contributed by atoms with E-state index >= 15 is 0 Å². The minimum atomic E-state index is -0.965. The van der Waals surface area contributed by atoms with Crippen LogP contribution in [0.4, 0.5) is 0 Å². The van der Waals surface area contributed by atoms with E-state index in [2.05, 4.69) is 26.0 Å². The SMILES string of the molecule is CCCN=C1S/C(=C\c2ccc(OC[C@H](O)CO)c(Cl)c2)C(=O)C1CCc1ccccc1C. The molecule has 2 N–H and O–H groups in total. The number of aliphatic imine (C=N–C) groups is 1. The summed E-state index contributed by atoms with van der Waals surface area (Å²) in [5, 5.41) is 19.6. The van der Waals surface area contributed by atoms with E-state index in [4.69, 9.17) is 26.4 Å². The van der Waals surface area contributed by atoms with Gasteiger partial charge in [0.05, 0.1) is 27.5 Å². The Labute approximate surface area is 204 Å². The third-order valence-corrected chi connectivity index (χ3v) is 6.88. The fourth-order valence-electron chi connectivity index (χ4n) is 3.54. The van der Waals surface area contributed by atoms with Crippen molar-refractivity contribution in [2.75, 3.05) is 19.8 Å². The normalized spacial score (nSPS) is 19.4. The van der Waals surface area contributed by atoms with Gasteiger partial charge in [-0.3, -0.25) is 9.79 Å². The minimum Gasteiger partial charge on any atom is -0.489 e. The molecule has 176 valence electrons. The van der Waals surface area contributed by atoms with Crippen LogP contribution in [0, 0.1) is 12.8 Å². The van der Waals surface area contributed by atoms with Crippen LogP contribution in [0.2, 0.25) is 5.02 Å². The maximum absolute atomic E-state index is 13.3. The fourth-order valence-corrected chi connectivity index (χ4v) is 4.97. The largest absolute Gasteiger partial charge is 0.489 e. The van der Waals surface area contributed by atoms with Crippen LogP contribution in [0.5, 0.6) is 5.75 Å². The molecule has 2 aromatic rings. The third-order valence-electron chi connectivity index (χ3n) is 5.42. The van der Waals surface area contributed by atoms with Gasteiger partial charge in [-0.15, -0.1) is 0 Å². The highest BCUT2D eigenvalue weighted by Gasteiger charge is 2.35. The van der Waals surface area contributed by atoms with Gasteiger partial charge in [-0.2, -0.15) is 0 Å². The lowest BCUT2D eigenvalue weighted by molar-refractivity contribution is -0.116. The average molecular weight is 488 g/mol. The van der Waals surface area contributed by atoms with E-state index in [1.807, 2.05) is 24.3 Å². The molecule has 0 aromatic heterocycles. The summed E-state index contributed by atoms with van der Waals surface area (Å²) in [7, 11) is 0. The summed E-state index contributed by atoms with van der Waals surface area (Å²) in [6.07, 6.45) is 3.38. The summed E-state index contributed by atoms with van der Waals surface area (Å²) in [4.78, 5) is 18.6. The van der Waals surface area contributed by atoms with Gasteiger partial charge in [0.25, 0.3) is 0 Å². The van der Waals surface area contributed by atoms with E-state index in [9.17, 15) is 9.90 Å². The first-order valence-corrected chi connectivity index (χ1v) is 12.4. The Morgan fingerprint density at radius 3 is 2.76 bits per heavy atom. The van der Waals surface area contributed by atoms with Crippen molar-refractivity contribution in [3.8, 4) is 5.75 Å². The molecule has 5 nitrogen and oxygen atoms in total. The van der Waals surface area contributed by atoms with Crippen LogP contribution in [0.1, 0.15) is 36.5 Å². The molecule has 0 spiro atoms. The molecule has 0 bridgehead atoms. The molecule has 0 radical (unpaired) electrons. The lowest BCUT2D eigenvalue weighted by Crippen LogP contribution is -2.21. The first-order valence-electron chi connectivity index (χ1n) is 11.2. The first-order chi connectivity index (χ1) is 15.9. The van der Waals surface area contributed by atoms with Crippen molar-refractivity contribution in [2.24, 2.45) is 10.9 Å². The van der Waals surface area contributed by atoms with E-state index in [1.165, 1.54) is 22.9 Å². The number of nitrogens with zero attached hydrogens (tertiary/aromatic N) is 1. The number of carbonyl (C=O) groups is 1. The Balaban J connectivity index is 1.76. The number of aliphatic hydroxyl groups is 2. The number of benzene rings is 2. The minimum absolute atomic E-state index is 0.0508. The quantitative estimate of drug-likeness (QED) is 0.456. The molecular weight excluding hydrogens is 458 g/mol. The number of aliphatic hydroxyl groups excluding tert-OH is 2. The van der Waals surface area contributed by atoms with Crippen LogP contribution in [0.25, 0.3) is 6.08 Å². The number of carbonyl (C=O) groups excluding carboxylic acids is 1. The lowest BCUT2D eigenvalue weighted by Gasteiger charge is -2.11. The number of thioether (sulfide) groups is 1. The number of allylic oxidation sites excluding steroid dienone is 1. The number of Topliss-reactive ketones (excluding diaryl/α,β-unsaturated/α-hetero) is 1. The Hall–Kier alpha value is -2.12. The molecule has 3 rings (SSSR count). The van der Waals surface area contributed by atoms with Gasteiger partial charge in [0.2, 0.25) is 0 Å². The van der Waals surface area contributed by atoms with Crippen molar-refractivity contribution in [3.63, 3.8) is 0 Å². The molecule has 2 aromatic carbocycles. The summed E-state index contributed by atoms with van der Waals surface area (Å²) in [5.74, 6) is 0.300. The number of ketones is 1.